The van der Waals surface area contributed by atoms with Gasteiger partial charge in [0.25, 0.3) is 0 Å². The van der Waals surface area contributed by atoms with Crippen molar-refractivity contribution in [3.63, 3.8) is 0 Å². The molecule has 0 aliphatic carbocycles. The van der Waals surface area contributed by atoms with Gasteiger partial charge in [0.15, 0.2) is 0 Å². The average Bonchev–Trinajstić information content (AvgIpc) is 2.73. The zero-order valence-electron chi connectivity index (χ0n) is 12.0. The maximum absolute atomic E-state index is 12.4. The Balaban J connectivity index is 2.10. The van der Waals surface area contributed by atoms with Crippen molar-refractivity contribution in [1.29, 1.82) is 0 Å². The summed E-state index contributed by atoms with van der Waals surface area (Å²) in [5.74, 6) is 0. The predicted octanol–water partition coefficient (Wildman–Crippen LogP) is 1.73. The molecule has 1 fully saturated rings. The molecule has 2 rings (SSSR count). The number of hydrogen-bond donors (Lipinski definition) is 1. The van der Waals surface area contributed by atoms with Crippen LogP contribution >= 0.6 is 11.6 Å². The molecule has 0 radical (unpaired) electrons. The van der Waals surface area contributed by atoms with Crippen LogP contribution < -0.4 is 5.73 Å². The number of carbonyl (C=O) groups is 1. The Hall–Kier alpha value is -1.57. The number of nitrogens with two attached hydrogens (primary N) is 1. The van der Waals surface area contributed by atoms with Gasteiger partial charge in [-0.15, -0.1) is 0 Å². The van der Waals surface area contributed by atoms with Gasteiger partial charge in [0.1, 0.15) is 0 Å². The summed E-state index contributed by atoms with van der Waals surface area (Å²) in [4.78, 5) is 12.6. The van der Waals surface area contributed by atoms with E-state index in [4.69, 9.17) is 17.3 Å². The summed E-state index contributed by atoms with van der Waals surface area (Å²) in [6, 6.07) is 6.48. The SMILES string of the molecule is NC(=O)N1CCCN(S(=O)(=O)/C=C/c2ccccc2Cl)CC1. The molecule has 1 aromatic carbocycles. The highest BCUT2D eigenvalue weighted by molar-refractivity contribution is 7.92. The first-order valence-electron chi connectivity index (χ1n) is 6.87. The average molecular weight is 344 g/mol. The van der Waals surface area contributed by atoms with Gasteiger partial charge in [-0.05, 0) is 24.1 Å². The number of hydrogen-bond acceptors (Lipinski definition) is 3. The minimum atomic E-state index is -3.56. The van der Waals surface area contributed by atoms with E-state index < -0.39 is 16.1 Å². The van der Waals surface area contributed by atoms with Crippen molar-refractivity contribution in [1.82, 2.24) is 9.21 Å². The van der Waals surface area contributed by atoms with Crippen molar-refractivity contribution in [2.45, 2.75) is 6.42 Å². The van der Waals surface area contributed by atoms with Crippen LogP contribution in [0, 0.1) is 0 Å². The van der Waals surface area contributed by atoms with Crippen molar-refractivity contribution < 1.29 is 13.2 Å². The third-order valence-electron chi connectivity index (χ3n) is 3.45. The van der Waals surface area contributed by atoms with Gasteiger partial charge in [0.05, 0.1) is 0 Å². The molecule has 0 aromatic heterocycles. The topological polar surface area (TPSA) is 83.7 Å². The second kappa shape index (κ2) is 7.13. The van der Waals surface area contributed by atoms with Crippen molar-refractivity contribution in [2.24, 2.45) is 5.73 Å². The number of carbonyl (C=O) groups excluding carboxylic acids is 1. The molecular formula is C14H18ClN3O3S. The van der Waals surface area contributed by atoms with Crippen LogP contribution in [0.4, 0.5) is 4.79 Å². The number of primary amides is 1. The first kappa shape index (κ1) is 16.8. The monoisotopic (exact) mass is 343 g/mol. The number of amides is 2. The third-order valence-corrected chi connectivity index (χ3v) is 5.36. The van der Waals surface area contributed by atoms with Crippen molar-refractivity contribution in [2.75, 3.05) is 26.2 Å². The van der Waals surface area contributed by atoms with E-state index in [1.165, 1.54) is 15.3 Å². The Morgan fingerprint density at radius 3 is 2.59 bits per heavy atom. The molecule has 0 unspecified atom stereocenters. The molecule has 0 bridgehead atoms. The van der Waals surface area contributed by atoms with Gasteiger partial charge >= 0.3 is 6.03 Å². The maximum Gasteiger partial charge on any atom is 0.314 e. The van der Waals surface area contributed by atoms with E-state index in [0.29, 0.717) is 36.6 Å². The lowest BCUT2D eigenvalue weighted by Gasteiger charge is -2.19. The first-order valence-corrected chi connectivity index (χ1v) is 8.75. The molecule has 2 amide bonds. The van der Waals surface area contributed by atoms with Crippen molar-refractivity contribution >= 4 is 33.7 Å². The predicted molar refractivity (Wildman–Crippen MR) is 86.8 cm³/mol. The van der Waals surface area contributed by atoms with Crippen LogP contribution in [0.5, 0.6) is 0 Å². The summed E-state index contributed by atoms with van der Waals surface area (Å²) in [6.45, 7) is 1.36. The van der Waals surface area contributed by atoms with Crippen LogP contribution in [-0.4, -0.2) is 49.8 Å². The van der Waals surface area contributed by atoms with Crippen LogP contribution in [0.2, 0.25) is 5.02 Å². The number of sulfonamides is 1. The Morgan fingerprint density at radius 2 is 1.91 bits per heavy atom. The fourth-order valence-corrected chi connectivity index (χ4v) is 3.63. The fraction of sp³-hybridized carbons (Fsp3) is 0.357. The molecule has 0 atom stereocenters. The molecule has 6 nitrogen and oxygen atoms in total. The normalized spacial score (nSPS) is 17.6. The molecule has 0 saturated carbocycles. The zero-order valence-corrected chi connectivity index (χ0v) is 13.6. The van der Waals surface area contributed by atoms with Crippen molar-refractivity contribution in [3.8, 4) is 0 Å². The highest BCUT2D eigenvalue weighted by Crippen LogP contribution is 2.18. The molecule has 120 valence electrons. The van der Waals surface area contributed by atoms with Gasteiger partial charge in [0, 0.05) is 36.6 Å². The Kier molecular flexibility index (Phi) is 5.44. The summed E-state index contributed by atoms with van der Waals surface area (Å²) in [5, 5.41) is 1.64. The van der Waals surface area contributed by atoms with Gasteiger partial charge < -0.3 is 10.6 Å². The Bertz CT molecular complexity index is 676. The van der Waals surface area contributed by atoms with Crippen LogP contribution in [0.15, 0.2) is 29.7 Å². The summed E-state index contributed by atoms with van der Waals surface area (Å²) < 4.78 is 26.1. The minimum Gasteiger partial charge on any atom is -0.351 e. The molecule has 1 aromatic rings. The summed E-state index contributed by atoms with van der Waals surface area (Å²) in [7, 11) is -3.56. The maximum atomic E-state index is 12.4. The number of urea groups is 1. The lowest BCUT2D eigenvalue weighted by Crippen LogP contribution is -2.39. The quantitative estimate of drug-likeness (QED) is 0.907. The van der Waals surface area contributed by atoms with Crippen molar-refractivity contribution in [3.05, 3.63) is 40.3 Å². The molecule has 1 aliphatic rings. The number of halogens is 1. The summed E-state index contributed by atoms with van der Waals surface area (Å²) in [5.41, 5.74) is 5.87. The highest BCUT2D eigenvalue weighted by Gasteiger charge is 2.24. The highest BCUT2D eigenvalue weighted by atomic mass is 35.5. The number of nitrogens with zero attached hydrogens (tertiary/aromatic N) is 2. The molecule has 0 spiro atoms. The van der Waals surface area contributed by atoms with Gasteiger partial charge in [-0.2, -0.15) is 4.31 Å². The molecule has 8 heteroatoms. The van der Waals surface area contributed by atoms with Gasteiger partial charge in [-0.25, -0.2) is 13.2 Å². The molecule has 1 saturated heterocycles. The lowest BCUT2D eigenvalue weighted by atomic mass is 10.2. The van der Waals surface area contributed by atoms with E-state index >= 15 is 0 Å². The van der Waals surface area contributed by atoms with Gasteiger partial charge in [-0.3, -0.25) is 0 Å². The van der Waals surface area contributed by atoms with Crippen LogP contribution in [0.3, 0.4) is 0 Å². The van der Waals surface area contributed by atoms with Gasteiger partial charge in [0.2, 0.25) is 10.0 Å². The molecule has 1 heterocycles. The molecule has 2 N–H and O–H groups in total. The molecular weight excluding hydrogens is 326 g/mol. The Morgan fingerprint density at radius 1 is 1.18 bits per heavy atom. The van der Waals surface area contributed by atoms with Crippen LogP contribution in [-0.2, 0) is 10.0 Å². The number of rotatable bonds is 3. The third kappa shape index (κ3) is 4.22. The van der Waals surface area contributed by atoms with E-state index in [2.05, 4.69) is 0 Å². The minimum absolute atomic E-state index is 0.234. The smallest absolute Gasteiger partial charge is 0.314 e. The van der Waals surface area contributed by atoms with Gasteiger partial charge in [-0.1, -0.05) is 29.8 Å². The first-order chi connectivity index (χ1) is 10.4. The van der Waals surface area contributed by atoms with E-state index in [0.717, 1.165) is 5.41 Å². The van der Waals surface area contributed by atoms with E-state index in [1.807, 2.05) is 0 Å². The Labute approximate surface area is 135 Å². The summed E-state index contributed by atoms with van der Waals surface area (Å²) >= 11 is 6.00. The fourth-order valence-electron chi connectivity index (χ4n) is 2.22. The summed E-state index contributed by atoms with van der Waals surface area (Å²) in [6.07, 6.45) is 2.04. The van der Waals surface area contributed by atoms with Crippen LogP contribution in [0.25, 0.3) is 6.08 Å². The van der Waals surface area contributed by atoms with E-state index in [9.17, 15) is 13.2 Å². The molecule has 1 aliphatic heterocycles. The van der Waals surface area contributed by atoms with E-state index in [1.54, 1.807) is 24.3 Å². The zero-order chi connectivity index (χ0) is 16.2. The van der Waals surface area contributed by atoms with Crippen LogP contribution in [0.1, 0.15) is 12.0 Å². The number of benzene rings is 1. The second-order valence-corrected chi connectivity index (χ2v) is 7.17. The largest absolute Gasteiger partial charge is 0.351 e. The molecule has 22 heavy (non-hydrogen) atoms. The lowest BCUT2D eigenvalue weighted by molar-refractivity contribution is 0.210. The standard InChI is InChI=1S/C14H18ClN3O3S/c15-13-5-2-1-4-12(13)6-11-22(20,21)18-8-3-7-17(9-10-18)14(16)19/h1-2,4-6,11H,3,7-10H2,(H2,16,19)/b11-6+. The van der Waals surface area contributed by atoms with E-state index in [-0.39, 0.29) is 6.54 Å². The second-order valence-electron chi connectivity index (χ2n) is 4.95.